The molecule has 0 bridgehead atoms. The highest BCUT2D eigenvalue weighted by Crippen LogP contribution is 2.18. The molecule has 0 N–H and O–H groups in total. The van der Waals surface area contributed by atoms with Gasteiger partial charge in [-0.2, -0.15) is 5.26 Å². The number of carbonyl (C=O) groups excluding carboxylic acids is 1. The Kier molecular flexibility index (Phi) is 4.77. The maximum absolute atomic E-state index is 12.4. The molecule has 0 atom stereocenters. The first-order valence-electron chi connectivity index (χ1n) is 6.52. The van der Waals surface area contributed by atoms with Gasteiger partial charge in [0.2, 0.25) is 0 Å². The van der Waals surface area contributed by atoms with Crippen LogP contribution in [0.25, 0.3) is 0 Å². The highest BCUT2D eigenvalue weighted by Gasteiger charge is 2.13. The smallest absolute Gasteiger partial charge is 0.253 e. The Morgan fingerprint density at radius 2 is 2.05 bits per heavy atom. The Labute approximate surface area is 132 Å². The summed E-state index contributed by atoms with van der Waals surface area (Å²) >= 11 is 3.43. The van der Waals surface area contributed by atoms with E-state index < -0.39 is 0 Å². The average Bonchev–Trinajstić information content (AvgIpc) is 2.49. The maximum Gasteiger partial charge on any atom is 0.253 e. The lowest BCUT2D eigenvalue weighted by Gasteiger charge is -2.18. The molecule has 0 heterocycles. The van der Waals surface area contributed by atoms with E-state index in [1.807, 2.05) is 37.3 Å². The summed E-state index contributed by atoms with van der Waals surface area (Å²) in [5, 5.41) is 8.90. The predicted molar refractivity (Wildman–Crippen MR) is 85.8 cm³/mol. The SMILES string of the molecule is Cc1cc(C(=O)N(C)Cc2cccc(C#N)c2)ccc1Br. The number of nitriles is 1. The van der Waals surface area contributed by atoms with Gasteiger partial charge in [0.05, 0.1) is 11.6 Å². The lowest BCUT2D eigenvalue weighted by atomic mass is 10.1. The monoisotopic (exact) mass is 342 g/mol. The van der Waals surface area contributed by atoms with Crippen molar-refractivity contribution in [2.75, 3.05) is 7.05 Å². The molecule has 2 aromatic rings. The van der Waals surface area contributed by atoms with Gasteiger partial charge in [0.1, 0.15) is 0 Å². The normalized spacial score (nSPS) is 10.0. The number of halogens is 1. The Hall–Kier alpha value is -2.12. The molecule has 0 aromatic heterocycles. The molecule has 2 rings (SSSR count). The summed E-state index contributed by atoms with van der Waals surface area (Å²) in [6, 6.07) is 15.0. The summed E-state index contributed by atoms with van der Waals surface area (Å²) in [7, 11) is 1.76. The van der Waals surface area contributed by atoms with Crippen LogP contribution in [0.5, 0.6) is 0 Å². The second kappa shape index (κ2) is 6.55. The van der Waals surface area contributed by atoms with Crippen molar-refractivity contribution in [1.29, 1.82) is 5.26 Å². The van der Waals surface area contributed by atoms with E-state index in [1.165, 1.54) is 0 Å². The van der Waals surface area contributed by atoms with Gasteiger partial charge in [-0.1, -0.05) is 28.1 Å². The van der Waals surface area contributed by atoms with Gasteiger partial charge in [0.25, 0.3) is 5.91 Å². The Morgan fingerprint density at radius 1 is 1.29 bits per heavy atom. The van der Waals surface area contributed by atoms with Crippen molar-refractivity contribution in [2.24, 2.45) is 0 Å². The first kappa shape index (κ1) is 15.3. The van der Waals surface area contributed by atoms with E-state index in [1.54, 1.807) is 24.1 Å². The van der Waals surface area contributed by atoms with E-state index >= 15 is 0 Å². The minimum Gasteiger partial charge on any atom is -0.337 e. The van der Waals surface area contributed by atoms with Gasteiger partial charge in [0, 0.05) is 23.6 Å². The van der Waals surface area contributed by atoms with E-state index in [2.05, 4.69) is 22.0 Å². The highest BCUT2D eigenvalue weighted by molar-refractivity contribution is 9.10. The van der Waals surface area contributed by atoms with Crippen LogP contribution in [0.15, 0.2) is 46.9 Å². The second-order valence-corrected chi connectivity index (χ2v) is 5.79. The molecule has 1 amide bonds. The Balaban J connectivity index is 2.15. The van der Waals surface area contributed by atoms with Crippen molar-refractivity contribution in [3.8, 4) is 6.07 Å². The van der Waals surface area contributed by atoms with Crippen LogP contribution >= 0.6 is 15.9 Å². The summed E-state index contributed by atoms with van der Waals surface area (Å²) in [4.78, 5) is 14.1. The molecule has 0 aliphatic heterocycles. The molecule has 0 aliphatic rings. The molecular weight excluding hydrogens is 328 g/mol. The van der Waals surface area contributed by atoms with Crippen LogP contribution in [0, 0.1) is 18.3 Å². The molecule has 2 aromatic carbocycles. The fourth-order valence-corrected chi connectivity index (χ4v) is 2.33. The molecule has 0 fully saturated rings. The van der Waals surface area contributed by atoms with Crippen molar-refractivity contribution in [3.63, 3.8) is 0 Å². The van der Waals surface area contributed by atoms with Crippen LogP contribution in [0.3, 0.4) is 0 Å². The molecule has 3 nitrogen and oxygen atoms in total. The molecule has 106 valence electrons. The molecule has 4 heteroatoms. The van der Waals surface area contributed by atoms with Gasteiger partial charge < -0.3 is 4.90 Å². The zero-order valence-corrected chi connectivity index (χ0v) is 13.5. The largest absolute Gasteiger partial charge is 0.337 e. The van der Waals surface area contributed by atoms with Gasteiger partial charge in [-0.15, -0.1) is 0 Å². The van der Waals surface area contributed by atoms with Crippen LogP contribution in [-0.2, 0) is 6.54 Å². The molecule has 21 heavy (non-hydrogen) atoms. The van der Waals surface area contributed by atoms with Crippen molar-refractivity contribution < 1.29 is 4.79 Å². The topological polar surface area (TPSA) is 44.1 Å². The molecule has 0 aliphatic carbocycles. The first-order valence-corrected chi connectivity index (χ1v) is 7.31. The molecule has 0 radical (unpaired) electrons. The number of hydrogen-bond donors (Lipinski definition) is 0. The standard InChI is InChI=1S/C17H15BrN2O/c1-12-8-15(6-7-16(12)18)17(21)20(2)11-14-5-3-4-13(9-14)10-19/h3-9H,11H2,1-2H3. The first-order chi connectivity index (χ1) is 10.0. The van der Waals surface area contributed by atoms with Gasteiger partial charge in [0.15, 0.2) is 0 Å². The number of hydrogen-bond acceptors (Lipinski definition) is 2. The van der Waals surface area contributed by atoms with Crippen molar-refractivity contribution in [1.82, 2.24) is 4.90 Å². The Morgan fingerprint density at radius 3 is 2.71 bits per heavy atom. The fraction of sp³-hybridized carbons (Fsp3) is 0.176. The lowest BCUT2D eigenvalue weighted by molar-refractivity contribution is 0.0785. The Bertz CT molecular complexity index is 719. The third-order valence-corrected chi connectivity index (χ3v) is 4.12. The molecule has 0 unspecified atom stereocenters. The highest BCUT2D eigenvalue weighted by atomic mass is 79.9. The summed E-state index contributed by atoms with van der Waals surface area (Å²) < 4.78 is 0.989. The van der Waals surface area contributed by atoms with Gasteiger partial charge in [-0.3, -0.25) is 4.79 Å². The lowest BCUT2D eigenvalue weighted by Crippen LogP contribution is -2.26. The van der Waals surface area contributed by atoms with E-state index in [-0.39, 0.29) is 5.91 Å². The van der Waals surface area contributed by atoms with Crippen molar-refractivity contribution >= 4 is 21.8 Å². The zero-order valence-electron chi connectivity index (χ0n) is 11.9. The molecular formula is C17H15BrN2O. The van der Waals surface area contributed by atoms with E-state index in [0.29, 0.717) is 17.7 Å². The number of nitrogens with zero attached hydrogens (tertiary/aromatic N) is 2. The van der Waals surface area contributed by atoms with E-state index in [9.17, 15) is 4.79 Å². The van der Waals surface area contributed by atoms with E-state index in [0.717, 1.165) is 15.6 Å². The van der Waals surface area contributed by atoms with Crippen molar-refractivity contribution in [3.05, 3.63) is 69.2 Å². The van der Waals surface area contributed by atoms with Gasteiger partial charge in [-0.05, 0) is 48.4 Å². The quantitative estimate of drug-likeness (QED) is 0.848. The fourth-order valence-electron chi connectivity index (χ4n) is 2.08. The number of carbonyl (C=O) groups is 1. The van der Waals surface area contributed by atoms with Crippen LogP contribution in [-0.4, -0.2) is 17.9 Å². The van der Waals surface area contributed by atoms with Gasteiger partial charge >= 0.3 is 0 Å². The van der Waals surface area contributed by atoms with Crippen LogP contribution in [0.2, 0.25) is 0 Å². The van der Waals surface area contributed by atoms with Crippen LogP contribution in [0.1, 0.15) is 27.0 Å². The van der Waals surface area contributed by atoms with Crippen molar-refractivity contribution in [2.45, 2.75) is 13.5 Å². The number of benzene rings is 2. The summed E-state index contributed by atoms with van der Waals surface area (Å²) in [6.45, 7) is 2.43. The molecule has 0 saturated heterocycles. The minimum atomic E-state index is -0.0343. The molecule has 0 saturated carbocycles. The van der Waals surface area contributed by atoms with Crippen LogP contribution in [0.4, 0.5) is 0 Å². The third kappa shape index (κ3) is 3.71. The summed E-state index contributed by atoms with van der Waals surface area (Å²) in [5.74, 6) is -0.0343. The number of rotatable bonds is 3. The number of aryl methyl sites for hydroxylation is 1. The average molecular weight is 343 g/mol. The third-order valence-electron chi connectivity index (χ3n) is 3.23. The summed E-state index contributed by atoms with van der Waals surface area (Å²) in [6.07, 6.45) is 0. The summed E-state index contributed by atoms with van der Waals surface area (Å²) in [5.41, 5.74) is 3.24. The van der Waals surface area contributed by atoms with Gasteiger partial charge in [-0.25, -0.2) is 0 Å². The number of amides is 1. The zero-order chi connectivity index (χ0) is 15.4. The molecule has 0 spiro atoms. The maximum atomic E-state index is 12.4. The minimum absolute atomic E-state index is 0.0343. The van der Waals surface area contributed by atoms with Crippen LogP contribution < -0.4 is 0 Å². The predicted octanol–water partition coefficient (Wildman–Crippen LogP) is 3.90. The van der Waals surface area contributed by atoms with E-state index in [4.69, 9.17) is 5.26 Å². The second-order valence-electron chi connectivity index (χ2n) is 4.94.